The fourth-order valence-electron chi connectivity index (χ4n) is 2.74. The van der Waals surface area contributed by atoms with Crippen molar-refractivity contribution in [2.24, 2.45) is 0 Å². The van der Waals surface area contributed by atoms with E-state index in [-0.39, 0.29) is 0 Å². The standard InChI is InChI=1S/C20H16ClN3O2S/c1-25-13-9-12(10-14(11-13)26-2)22-19-15-5-3-4-6-17(15)23-20(24-19)18-16(21)7-8-27-18/h3-11H,1-2H3,(H,22,23,24). The van der Waals surface area contributed by atoms with E-state index in [0.29, 0.717) is 28.2 Å². The molecule has 0 amide bonds. The monoisotopic (exact) mass is 397 g/mol. The third-order valence-corrected chi connectivity index (χ3v) is 5.38. The van der Waals surface area contributed by atoms with Gasteiger partial charge in [0.15, 0.2) is 5.82 Å². The summed E-state index contributed by atoms with van der Waals surface area (Å²) in [5.74, 6) is 2.66. The highest BCUT2D eigenvalue weighted by atomic mass is 35.5. The van der Waals surface area contributed by atoms with E-state index in [2.05, 4.69) is 10.3 Å². The highest BCUT2D eigenvalue weighted by Crippen LogP contribution is 2.35. The van der Waals surface area contributed by atoms with E-state index in [4.69, 9.17) is 26.1 Å². The van der Waals surface area contributed by atoms with Gasteiger partial charge in [0.2, 0.25) is 0 Å². The molecule has 0 aliphatic rings. The van der Waals surface area contributed by atoms with Gasteiger partial charge in [-0.25, -0.2) is 9.97 Å². The van der Waals surface area contributed by atoms with Crippen molar-refractivity contribution < 1.29 is 9.47 Å². The predicted molar refractivity (Wildman–Crippen MR) is 111 cm³/mol. The Labute approximate surface area is 165 Å². The second-order valence-electron chi connectivity index (χ2n) is 5.74. The van der Waals surface area contributed by atoms with Crippen molar-refractivity contribution in [1.29, 1.82) is 0 Å². The summed E-state index contributed by atoms with van der Waals surface area (Å²) in [6.45, 7) is 0. The summed E-state index contributed by atoms with van der Waals surface area (Å²) >= 11 is 7.81. The van der Waals surface area contributed by atoms with Crippen LogP contribution in [-0.4, -0.2) is 24.2 Å². The Morgan fingerprint density at radius 1 is 0.963 bits per heavy atom. The minimum absolute atomic E-state index is 0.589. The summed E-state index contributed by atoms with van der Waals surface area (Å²) in [4.78, 5) is 10.2. The number of hydrogen-bond acceptors (Lipinski definition) is 6. The molecule has 0 fully saturated rings. The zero-order chi connectivity index (χ0) is 18.8. The molecule has 4 rings (SSSR count). The van der Waals surface area contributed by atoms with Gasteiger partial charge in [-0.2, -0.15) is 0 Å². The maximum absolute atomic E-state index is 6.29. The van der Waals surface area contributed by atoms with Crippen LogP contribution in [-0.2, 0) is 0 Å². The van der Waals surface area contributed by atoms with E-state index in [0.717, 1.165) is 21.5 Å². The number of benzene rings is 2. The number of para-hydroxylation sites is 1. The summed E-state index contributed by atoms with van der Waals surface area (Å²) in [6.07, 6.45) is 0. The zero-order valence-electron chi connectivity index (χ0n) is 14.7. The molecule has 0 atom stereocenters. The Hall–Kier alpha value is -2.83. The van der Waals surface area contributed by atoms with Crippen LogP contribution in [0.15, 0.2) is 53.9 Å². The van der Waals surface area contributed by atoms with Crippen molar-refractivity contribution in [3.63, 3.8) is 0 Å². The number of aromatic nitrogens is 2. The molecule has 4 aromatic rings. The molecule has 7 heteroatoms. The molecule has 136 valence electrons. The summed E-state index contributed by atoms with van der Waals surface area (Å²) in [5, 5.41) is 6.85. The number of nitrogens with zero attached hydrogens (tertiary/aromatic N) is 2. The lowest BCUT2D eigenvalue weighted by Gasteiger charge is -2.13. The van der Waals surface area contributed by atoms with E-state index in [1.54, 1.807) is 14.2 Å². The quantitative estimate of drug-likeness (QED) is 0.463. The smallest absolute Gasteiger partial charge is 0.173 e. The van der Waals surface area contributed by atoms with E-state index < -0.39 is 0 Å². The van der Waals surface area contributed by atoms with Gasteiger partial charge in [0.25, 0.3) is 0 Å². The third kappa shape index (κ3) is 3.54. The first-order valence-electron chi connectivity index (χ1n) is 8.18. The number of anilines is 2. The number of rotatable bonds is 5. The van der Waals surface area contributed by atoms with Gasteiger partial charge in [0, 0.05) is 29.3 Å². The number of hydrogen-bond donors (Lipinski definition) is 1. The van der Waals surface area contributed by atoms with Crippen molar-refractivity contribution in [2.75, 3.05) is 19.5 Å². The van der Waals surface area contributed by atoms with Gasteiger partial charge in [-0.15, -0.1) is 11.3 Å². The number of halogens is 1. The highest BCUT2D eigenvalue weighted by Gasteiger charge is 2.14. The van der Waals surface area contributed by atoms with Crippen molar-refractivity contribution in [1.82, 2.24) is 9.97 Å². The second kappa shape index (κ2) is 7.42. The predicted octanol–water partition coefficient (Wildman–Crippen LogP) is 5.77. The molecule has 2 heterocycles. The molecule has 0 aliphatic carbocycles. The molecule has 0 spiro atoms. The van der Waals surface area contributed by atoms with Gasteiger partial charge in [0.1, 0.15) is 17.3 Å². The Morgan fingerprint density at radius 3 is 2.37 bits per heavy atom. The van der Waals surface area contributed by atoms with Gasteiger partial charge in [-0.3, -0.25) is 0 Å². The van der Waals surface area contributed by atoms with Crippen molar-refractivity contribution in [3.8, 4) is 22.2 Å². The minimum Gasteiger partial charge on any atom is -0.497 e. The first-order valence-corrected chi connectivity index (χ1v) is 9.44. The molecule has 0 saturated carbocycles. The number of thiophene rings is 1. The lowest BCUT2D eigenvalue weighted by molar-refractivity contribution is 0.395. The highest BCUT2D eigenvalue weighted by molar-refractivity contribution is 7.14. The summed E-state index contributed by atoms with van der Waals surface area (Å²) in [6, 6.07) is 15.3. The first kappa shape index (κ1) is 17.6. The third-order valence-electron chi connectivity index (χ3n) is 4.04. The van der Waals surface area contributed by atoms with E-state index in [1.165, 1.54) is 11.3 Å². The molecule has 0 saturated heterocycles. The molecule has 0 bridgehead atoms. The van der Waals surface area contributed by atoms with Gasteiger partial charge < -0.3 is 14.8 Å². The SMILES string of the molecule is COc1cc(Nc2nc(-c3sccc3Cl)nc3ccccc23)cc(OC)c1. The molecule has 2 aromatic heterocycles. The first-order chi connectivity index (χ1) is 13.2. The Morgan fingerprint density at radius 2 is 1.70 bits per heavy atom. The maximum Gasteiger partial charge on any atom is 0.173 e. The molecule has 0 radical (unpaired) electrons. The van der Waals surface area contributed by atoms with E-state index in [9.17, 15) is 0 Å². The fraction of sp³-hybridized carbons (Fsp3) is 0.100. The van der Waals surface area contributed by atoms with E-state index in [1.807, 2.05) is 53.9 Å². The average Bonchev–Trinajstić information content (AvgIpc) is 3.13. The summed E-state index contributed by atoms with van der Waals surface area (Å²) in [5.41, 5.74) is 1.64. The van der Waals surface area contributed by atoms with E-state index >= 15 is 0 Å². The minimum atomic E-state index is 0.589. The van der Waals surface area contributed by atoms with Crippen LogP contribution in [0.3, 0.4) is 0 Å². The van der Waals surface area contributed by atoms with Gasteiger partial charge in [-0.05, 0) is 23.6 Å². The molecule has 27 heavy (non-hydrogen) atoms. The van der Waals surface area contributed by atoms with Gasteiger partial charge in [0.05, 0.1) is 29.6 Å². The van der Waals surface area contributed by atoms with Crippen LogP contribution >= 0.6 is 22.9 Å². The van der Waals surface area contributed by atoms with Crippen LogP contribution in [0, 0.1) is 0 Å². The lowest BCUT2D eigenvalue weighted by Crippen LogP contribution is -2.00. The lowest BCUT2D eigenvalue weighted by atomic mass is 10.2. The molecule has 1 N–H and O–H groups in total. The molecule has 5 nitrogen and oxygen atoms in total. The molecular weight excluding hydrogens is 382 g/mol. The van der Waals surface area contributed by atoms with Crippen molar-refractivity contribution in [3.05, 3.63) is 58.9 Å². The largest absolute Gasteiger partial charge is 0.497 e. The zero-order valence-corrected chi connectivity index (χ0v) is 16.3. The molecule has 2 aromatic carbocycles. The maximum atomic E-state index is 6.29. The van der Waals surface area contributed by atoms with Crippen LogP contribution in [0.4, 0.5) is 11.5 Å². The normalized spacial score (nSPS) is 10.8. The van der Waals surface area contributed by atoms with Crippen LogP contribution < -0.4 is 14.8 Å². The Kier molecular flexibility index (Phi) is 4.83. The molecule has 0 aliphatic heterocycles. The van der Waals surface area contributed by atoms with Crippen LogP contribution in [0.2, 0.25) is 5.02 Å². The van der Waals surface area contributed by atoms with Crippen LogP contribution in [0.25, 0.3) is 21.6 Å². The summed E-state index contributed by atoms with van der Waals surface area (Å²) in [7, 11) is 3.24. The number of methoxy groups -OCH3 is 2. The van der Waals surface area contributed by atoms with Crippen molar-refractivity contribution in [2.45, 2.75) is 0 Å². The Balaban J connectivity index is 1.85. The topological polar surface area (TPSA) is 56.3 Å². The summed E-state index contributed by atoms with van der Waals surface area (Å²) < 4.78 is 10.7. The molecule has 0 unspecified atom stereocenters. The fourth-order valence-corrected chi connectivity index (χ4v) is 3.82. The van der Waals surface area contributed by atoms with Crippen LogP contribution in [0.1, 0.15) is 0 Å². The van der Waals surface area contributed by atoms with Gasteiger partial charge in [-0.1, -0.05) is 23.7 Å². The molecular formula is C20H16ClN3O2S. The van der Waals surface area contributed by atoms with Crippen LogP contribution in [0.5, 0.6) is 11.5 Å². The Bertz CT molecular complexity index is 1090. The average molecular weight is 398 g/mol. The van der Waals surface area contributed by atoms with Crippen molar-refractivity contribution >= 4 is 45.3 Å². The van der Waals surface area contributed by atoms with Gasteiger partial charge >= 0.3 is 0 Å². The number of fused-ring (bicyclic) bond motifs is 1. The number of nitrogens with one attached hydrogen (secondary N) is 1. The number of ether oxygens (including phenoxy) is 2. The second-order valence-corrected chi connectivity index (χ2v) is 7.06.